The van der Waals surface area contributed by atoms with Gasteiger partial charge in [-0.05, 0) is 44.9 Å². The highest BCUT2D eigenvalue weighted by Gasteiger charge is 2.09. The van der Waals surface area contributed by atoms with E-state index in [9.17, 15) is 0 Å². The first kappa shape index (κ1) is 12.8. The zero-order valence-corrected chi connectivity index (χ0v) is 10.6. The topological polar surface area (TPSA) is 18.5 Å². The molecule has 0 saturated carbocycles. The molecular formula is C15H24O2. The van der Waals surface area contributed by atoms with E-state index in [1.54, 1.807) is 0 Å². The van der Waals surface area contributed by atoms with Gasteiger partial charge in [-0.15, -0.1) is 0 Å². The molecule has 0 aromatic rings. The van der Waals surface area contributed by atoms with E-state index >= 15 is 0 Å². The van der Waals surface area contributed by atoms with Gasteiger partial charge in [0.2, 0.25) is 0 Å². The monoisotopic (exact) mass is 236 g/mol. The molecule has 2 unspecified atom stereocenters. The van der Waals surface area contributed by atoms with Gasteiger partial charge in [0.1, 0.15) is 0 Å². The van der Waals surface area contributed by atoms with Crippen molar-refractivity contribution >= 4 is 0 Å². The van der Waals surface area contributed by atoms with Crippen LogP contribution in [0.15, 0.2) is 24.3 Å². The molecule has 2 nitrogen and oxygen atoms in total. The third-order valence-electron chi connectivity index (χ3n) is 3.37. The van der Waals surface area contributed by atoms with E-state index in [0.29, 0.717) is 12.2 Å². The molecular weight excluding hydrogens is 212 g/mol. The fourth-order valence-corrected chi connectivity index (χ4v) is 2.37. The Kier molecular flexibility index (Phi) is 5.80. The summed E-state index contributed by atoms with van der Waals surface area (Å²) < 4.78 is 11.6. The first-order valence-electron chi connectivity index (χ1n) is 7.02. The van der Waals surface area contributed by atoms with Gasteiger partial charge in [-0.2, -0.15) is 0 Å². The molecule has 2 aliphatic rings. The molecule has 2 heteroatoms. The van der Waals surface area contributed by atoms with Crippen LogP contribution in [0.5, 0.6) is 0 Å². The standard InChI is InChI=1S/C15H24O2/c1-3-8-14(9-4-1)16-12-7-13-17-15-10-5-2-6-11-15/h3,5,8,10,14-15H,1-2,4,6-7,9,11-13H2. The Bertz CT molecular complexity index is 232. The molecule has 0 amide bonds. The van der Waals surface area contributed by atoms with Gasteiger partial charge in [0.05, 0.1) is 12.2 Å². The molecule has 0 bridgehead atoms. The highest BCUT2D eigenvalue weighted by atomic mass is 16.5. The summed E-state index contributed by atoms with van der Waals surface area (Å²) in [5.74, 6) is 0. The van der Waals surface area contributed by atoms with Crippen LogP contribution in [0.1, 0.15) is 44.9 Å². The predicted octanol–water partition coefficient (Wildman–Crippen LogP) is 3.63. The van der Waals surface area contributed by atoms with Gasteiger partial charge in [-0.3, -0.25) is 0 Å². The van der Waals surface area contributed by atoms with E-state index < -0.39 is 0 Å². The fourth-order valence-electron chi connectivity index (χ4n) is 2.37. The Balaban J connectivity index is 1.48. The smallest absolute Gasteiger partial charge is 0.0755 e. The maximum atomic E-state index is 5.79. The Morgan fingerprint density at radius 1 is 0.824 bits per heavy atom. The highest BCUT2D eigenvalue weighted by Crippen LogP contribution is 2.15. The Hall–Kier alpha value is -0.600. The Labute approximate surface area is 105 Å². The molecule has 0 heterocycles. The summed E-state index contributed by atoms with van der Waals surface area (Å²) in [6.45, 7) is 1.65. The second kappa shape index (κ2) is 7.67. The van der Waals surface area contributed by atoms with Crippen molar-refractivity contribution in [3.05, 3.63) is 24.3 Å². The molecule has 17 heavy (non-hydrogen) atoms. The molecule has 96 valence electrons. The van der Waals surface area contributed by atoms with Gasteiger partial charge < -0.3 is 9.47 Å². The second-order valence-corrected chi connectivity index (χ2v) is 4.89. The third-order valence-corrected chi connectivity index (χ3v) is 3.37. The van der Waals surface area contributed by atoms with E-state index in [4.69, 9.17) is 9.47 Å². The van der Waals surface area contributed by atoms with Gasteiger partial charge in [0, 0.05) is 13.2 Å². The van der Waals surface area contributed by atoms with Crippen LogP contribution >= 0.6 is 0 Å². The predicted molar refractivity (Wildman–Crippen MR) is 70.1 cm³/mol. The van der Waals surface area contributed by atoms with Crippen molar-refractivity contribution in [3.8, 4) is 0 Å². The van der Waals surface area contributed by atoms with Crippen LogP contribution in [0.25, 0.3) is 0 Å². The van der Waals surface area contributed by atoms with E-state index in [0.717, 1.165) is 19.6 Å². The number of ether oxygens (including phenoxy) is 2. The van der Waals surface area contributed by atoms with Gasteiger partial charge in [0.25, 0.3) is 0 Å². The van der Waals surface area contributed by atoms with Crippen molar-refractivity contribution in [2.45, 2.75) is 57.2 Å². The molecule has 0 radical (unpaired) electrons. The fraction of sp³-hybridized carbons (Fsp3) is 0.733. The lowest BCUT2D eigenvalue weighted by Crippen LogP contribution is -2.16. The van der Waals surface area contributed by atoms with Crippen molar-refractivity contribution in [2.75, 3.05) is 13.2 Å². The van der Waals surface area contributed by atoms with Crippen LogP contribution in [0.4, 0.5) is 0 Å². The van der Waals surface area contributed by atoms with Crippen LogP contribution in [0, 0.1) is 0 Å². The van der Waals surface area contributed by atoms with E-state index in [2.05, 4.69) is 24.3 Å². The number of rotatable bonds is 6. The molecule has 0 saturated heterocycles. The van der Waals surface area contributed by atoms with Crippen molar-refractivity contribution < 1.29 is 9.47 Å². The van der Waals surface area contributed by atoms with Gasteiger partial charge in [-0.25, -0.2) is 0 Å². The summed E-state index contributed by atoms with van der Waals surface area (Å²) in [4.78, 5) is 0. The molecule has 0 aromatic carbocycles. The maximum absolute atomic E-state index is 5.79. The van der Waals surface area contributed by atoms with Crippen molar-refractivity contribution in [3.63, 3.8) is 0 Å². The quantitative estimate of drug-likeness (QED) is 0.518. The van der Waals surface area contributed by atoms with E-state index in [-0.39, 0.29) is 0 Å². The average molecular weight is 236 g/mol. The second-order valence-electron chi connectivity index (χ2n) is 4.89. The molecule has 2 atom stereocenters. The lowest BCUT2D eigenvalue weighted by molar-refractivity contribution is 0.0313. The Morgan fingerprint density at radius 3 is 1.76 bits per heavy atom. The van der Waals surface area contributed by atoms with Crippen LogP contribution < -0.4 is 0 Å². The first-order chi connectivity index (χ1) is 8.45. The number of hydrogen-bond donors (Lipinski definition) is 0. The van der Waals surface area contributed by atoms with Gasteiger partial charge in [0.15, 0.2) is 0 Å². The SMILES string of the molecule is C1=CC(OCCCOC2C=CCCC2)CCC1. The molecule has 0 fully saturated rings. The summed E-state index contributed by atoms with van der Waals surface area (Å²) in [5.41, 5.74) is 0. The normalized spacial score (nSPS) is 28.5. The zero-order valence-electron chi connectivity index (χ0n) is 10.6. The molecule has 0 aromatic heterocycles. The van der Waals surface area contributed by atoms with Crippen LogP contribution in [0.2, 0.25) is 0 Å². The largest absolute Gasteiger partial charge is 0.374 e. The molecule has 2 aliphatic carbocycles. The summed E-state index contributed by atoms with van der Waals surface area (Å²) in [6.07, 6.45) is 17.9. The molecule has 2 rings (SSSR count). The van der Waals surface area contributed by atoms with E-state index in [1.807, 2.05) is 0 Å². The summed E-state index contributed by atoms with van der Waals surface area (Å²) in [6, 6.07) is 0. The molecule has 0 N–H and O–H groups in total. The summed E-state index contributed by atoms with van der Waals surface area (Å²) in [7, 11) is 0. The van der Waals surface area contributed by atoms with Crippen LogP contribution in [-0.2, 0) is 9.47 Å². The minimum Gasteiger partial charge on any atom is -0.374 e. The average Bonchev–Trinajstić information content (AvgIpc) is 2.41. The van der Waals surface area contributed by atoms with Crippen molar-refractivity contribution in [2.24, 2.45) is 0 Å². The number of hydrogen-bond acceptors (Lipinski definition) is 2. The summed E-state index contributed by atoms with van der Waals surface area (Å²) in [5, 5.41) is 0. The number of allylic oxidation sites excluding steroid dienone is 2. The van der Waals surface area contributed by atoms with Crippen molar-refractivity contribution in [1.29, 1.82) is 0 Å². The van der Waals surface area contributed by atoms with Gasteiger partial charge >= 0.3 is 0 Å². The van der Waals surface area contributed by atoms with E-state index in [1.165, 1.54) is 38.5 Å². The van der Waals surface area contributed by atoms with Crippen molar-refractivity contribution in [1.82, 2.24) is 0 Å². The minimum absolute atomic E-state index is 0.360. The molecule has 0 spiro atoms. The first-order valence-corrected chi connectivity index (χ1v) is 7.02. The lowest BCUT2D eigenvalue weighted by Gasteiger charge is -2.19. The maximum Gasteiger partial charge on any atom is 0.0755 e. The zero-order chi connectivity index (χ0) is 11.8. The highest BCUT2D eigenvalue weighted by molar-refractivity contribution is 4.94. The third kappa shape index (κ3) is 5.05. The minimum atomic E-state index is 0.360. The Morgan fingerprint density at radius 2 is 1.35 bits per heavy atom. The van der Waals surface area contributed by atoms with Crippen LogP contribution in [-0.4, -0.2) is 25.4 Å². The molecule has 0 aliphatic heterocycles. The lowest BCUT2D eigenvalue weighted by atomic mass is 10.1. The van der Waals surface area contributed by atoms with Gasteiger partial charge in [-0.1, -0.05) is 24.3 Å². The van der Waals surface area contributed by atoms with Crippen LogP contribution in [0.3, 0.4) is 0 Å². The summed E-state index contributed by atoms with van der Waals surface area (Å²) >= 11 is 0.